The lowest BCUT2D eigenvalue weighted by Gasteiger charge is -2.14. The van der Waals surface area contributed by atoms with Crippen molar-refractivity contribution in [3.63, 3.8) is 0 Å². The summed E-state index contributed by atoms with van der Waals surface area (Å²) in [5.41, 5.74) is 0.844. The number of aliphatic hydroxyl groups is 1. The number of aryl methyl sites for hydroxylation is 1. The van der Waals surface area contributed by atoms with Crippen LogP contribution in [0, 0.1) is 18.7 Å². The Morgan fingerprint density at radius 1 is 1.24 bits per heavy atom. The van der Waals surface area contributed by atoms with Crippen LogP contribution in [0.5, 0.6) is 5.75 Å². The number of ether oxygens (including phenoxy) is 1. The summed E-state index contributed by atoms with van der Waals surface area (Å²) in [6, 6.07) is 8.33. The van der Waals surface area contributed by atoms with Crippen LogP contribution in [0.15, 0.2) is 41.3 Å². The summed E-state index contributed by atoms with van der Waals surface area (Å²) in [6.45, 7) is 1.58. The van der Waals surface area contributed by atoms with E-state index >= 15 is 0 Å². The highest BCUT2D eigenvalue weighted by atomic mass is 32.2. The number of sulfone groups is 1. The van der Waals surface area contributed by atoms with E-state index in [1.807, 2.05) is 0 Å². The molecule has 2 N–H and O–H groups in total. The normalized spacial score (nSPS) is 19.2. The molecule has 1 unspecified atom stereocenters. The van der Waals surface area contributed by atoms with E-state index < -0.39 is 21.8 Å². The number of rotatable bonds is 6. The summed E-state index contributed by atoms with van der Waals surface area (Å²) >= 11 is 0. The van der Waals surface area contributed by atoms with Crippen LogP contribution in [0.4, 0.5) is 10.1 Å². The zero-order chi connectivity index (χ0) is 21.2. The second-order valence-corrected chi connectivity index (χ2v) is 9.43. The lowest BCUT2D eigenvalue weighted by molar-refractivity contribution is 0.102. The minimum atomic E-state index is -3.63. The summed E-state index contributed by atoms with van der Waals surface area (Å²) in [7, 11) is -2.24. The highest BCUT2D eigenvalue weighted by molar-refractivity contribution is 7.91. The number of carbonyl (C=O) groups is 1. The maximum absolute atomic E-state index is 13.4. The second-order valence-electron chi connectivity index (χ2n) is 7.39. The van der Waals surface area contributed by atoms with Crippen LogP contribution in [0.3, 0.4) is 0 Å². The van der Waals surface area contributed by atoms with Gasteiger partial charge in [-0.1, -0.05) is 0 Å². The smallest absolute Gasteiger partial charge is 0.259 e. The number of amides is 1. The van der Waals surface area contributed by atoms with Crippen molar-refractivity contribution >= 4 is 21.4 Å². The topological polar surface area (TPSA) is 92.7 Å². The number of hydrogen-bond donors (Lipinski definition) is 2. The zero-order valence-corrected chi connectivity index (χ0v) is 17.1. The summed E-state index contributed by atoms with van der Waals surface area (Å²) < 4.78 is 44.3. The first-order valence-corrected chi connectivity index (χ1v) is 11.0. The van der Waals surface area contributed by atoms with E-state index in [4.69, 9.17) is 4.74 Å². The Balaban J connectivity index is 1.86. The van der Waals surface area contributed by atoms with Crippen LogP contribution in [0.1, 0.15) is 35.2 Å². The minimum absolute atomic E-state index is 0.0279. The molecule has 1 amide bonds. The number of nitrogens with one attached hydrogen (secondary N) is 1. The molecule has 0 aromatic heterocycles. The molecular formula is C21H24FNO5S. The largest absolute Gasteiger partial charge is 0.496 e. The van der Waals surface area contributed by atoms with Gasteiger partial charge in [-0.25, -0.2) is 12.8 Å². The number of halogens is 1. The Kier molecular flexibility index (Phi) is 6.24. The standard InChI is InChI=1S/C21H24FNO5S/c1-13-9-15(4-7-19(13)22)23-21(25)18-11-17(6-8-20(18)28-2)29(26,27)12-14-3-5-16(24)10-14/h4,6-9,11,14,16,24H,3,5,10,12H2,1-2H3,(H,23,25)/t14?,16-/m0/s1. The van der Waals surface area contributed by atoms with Gasteiger partial charge in [-0.2, -0.15) is 0 Å². The second kappa shape index (κ2) is 8.51. The predicted octanol–water partition coefficient (Wildman–Crippen LogP) is 3.33. The predicted molar refractivity (Wildman–Crippen MR) is 107 cm³/mol. The maximum Gasteiger partial charge on any atom is 0.259 e. The maximum atomic E-state index is 13.4. The molecule has 8 heteroatoms. The SMILES string of the molecule is COc1ccc(S(=O)(=O)CC2CC[C@H](O)C2)cc1C(=O)Nc1ccc(F)c(C)c1. The van der Waals surface area contributed by atoms with E-state index in [0.717, 1.165) is 0 Å². The molecule has 0 aliphatic heterocycles. The van der Waals surface area contributed by atoms with Crippen molar-refractivity contribution in [3.8, 4) is 5.75 Å². The molecule has 0 heterocycles. The third-order valence-electron chi connectivity index (χ3n) is 5.16. The van der Waals surface area contributed by atoms with E-state index in [9.17, 15) is 22.7 Å². The quantitative estimate of drug-likeness (QED) is 0.746. The van der Waals surface area contributed by atoms with Gasteiger partial charge in [0, 0.05) is 5.69 Å². The fourth-order valence-corrected chi connectivity index (χ4v) is 5.27. The molecule has 1 saturated carbocycles. The van der Waals surface area contributed by atoms with E-state index in [1.165, 1.54) is 43.5 Å². The molecule has 1 aliphatic rings. The molecule has 0 saturated heterocycles. The van der Waals surface area contributed by atoms with Gasteiger partial charge in [0.25, 0.3) is 5.91 Å². The number of benzene rings is 2. The van der Waals surface area contributed by atoms with Gasteiger partial charge in [0.2, 0.25) is 0 Å². The van der Waals surface area contributed by atoms with Gasteiger partial charge < -0.3 is 15.2 Å². The average Bonchev–Trinajstić information content (AvgIpc) is 3.08. The number of hydrogen-bond acceptors (Lipinski definition) is 5. The first-order chi connectivity index (χ1) is 13.7. The van der Waals surface area contributed by atoms with Gasteiger partial charge in [0.1, 0.15) is 11.6 Å². The van der Waals surface area contributed by atoms with Crippen molar-refractivity contribution < 1.29 is 27.4 Å². The van der Waals surface area contributed by atoms with Crippen LogP contribution < -0.4 is 10.1 Å². The third-order valence-corrected chi connectivity index (χ3v) is 7.04. The van der Waals surface area contributed by atoms with Gasteiger partial charge >= 0.3 is 0 Å². The molecule has 0 radical (unpaired) electrons. The molecular weight excluding hydrogens is 397 g/mol. The summed E-state index contributed by atoms with van der Waals surface area (Å²) in [5, 5.41) is 12.3. The Bertz CT molecular complexity index is 1020. The number of methoxy groups -OCH3 is 1. The number of aliphatic hydroxyl groups excluding tert-OH is 1. The lowest BCUT2D eigenvalue weighted by Crippen LogP contribution is -2.17. The Hall–Kier alpha value is -2.45. The highest BCUT2D eigenvalue weighted by Gasteiger charge is 2.29. The van der Waals surface area contributed by atoms with Crippen LogP contribution in [0.2, 0.25) is 0 Å². The van der Waals surface area contributed by atoms with Gasteiger partial charge in [0.15, 0.2) is 9.84 Å². The lowest BCUT2D eigenvalue weighted by atomic mass is 10.1. The van der Waals surface area contributed by atoms with Crippen LogP contribution in [-0.2, 0) is 9.84 Å². The van der Waals surface area contributed by atoms with Crippen LogP contribution >= 0.6 is 0 Å². The minimum Gasteiger partial charge on any atom is -0.496 e. The molecule has 6 nitrogen and oxygen atoms in total. The summed E-state index contributed by atoms with van der Waals surface area (Å²) in [4.78, 5) is 12.8. The Morgan fingerprint density at radius 2 is 2.00 bits per heavy atom. The summed E-state index contributed by atoms with van der Waals surface area (Å²) in [6.07, 6.45) is 1.28. The highest BCUT2D eigenvalue weighted by Crippen LogP contribution is 2.30. The molecule has 1 aliphatic carbocycles. The molecule has 3 rings (SSSR count). The Labute approximate surface area is 169 Å². The van der Waals surface area contributed by atoms with Crippen molar-refractivity contribution in [2.24, 2.45) is 5.92 Å². The van der Waals surface area contributed by atoms with Gasteiger partial charge in [0.05, 0.1) is 29.4 Å². The molecule has 2 aromatic carbocycles. The molecule has 0 bridgehead atoms. The van der Waals surface area contributed by atoms with Crippen LogP contribution in [-0.4, -0.2) is 38.4 Å². The molecule has 1 fully saturated rings. The third kappa shape index (κ3) is 4.94. The van der Waals surface area contributed by atoms with Gasteiger partial charge in [-0.05, 0) is 74.1 Å². The van der Waals surface area contributed by atoms with Gasteiger partial charge in [-0.3, -0.25) is 4.79 Å². The van der Waals surface area contributed by atoms with Gasteiger partial charge in [-0.15, -0.1) is 0 Å². The van der Waals surface area contributed by atoms with E-state index in [0.29, 0.717) is 30.5 Å². The van der Waals surface area contributed by atoms with E-state index in [2.05, 4.69) is 5.32 Å². The summed E-state index contributed by atoms with van der Waals surface area (Å²) in [5.74, 6) is -0.880. The average molecular weight is 421 g/mol. The fourth-order valence-electron chi connectivity index (χ4n) is 3.59. The fraction of sp³-hybridized carbons (Fsp3) is 0.381. The number of anilines is 1. The van der Waals surface area contributed by atoms with Crippen molar-refractivity contribution in [2.45, 2.75) is 37.2 Å². The van der Waals surface area contributed by atoms with Crippen LogP contribution in [0.25, 0.3) is 0 Å². The first kappa shape index (κ1) is 21.3. The van der Waals surface area contributed by atoms with Crippen molar-refractivity contribution in [2.75, 3.05) is 18.2 Å². The molecule has 2 aromatic rings. The van der Waals surface area contributed by atoms with Crippen molar-refractivity contribution in [3.05, 3.63) is 53.3 Å². The molecule has 29 heavy (non-hydrogen) atoms. The molecule has 2 atom stereocenters. The van der Waals surface area contributed by atoms with E-state index in [1.54, 1.807) is 6.92 Å². The first-order valence-electron chi connectivity index (χ1n) is 9.36. The zero-order valence-electron chi connectivity index (χ0n) is 16.3. The molecule has 156 valence electrons. The van der Waals surface area contributed by atoms with Crippen molar-refractivity contribution in [1.82, 2.24) is 0 Å². The number of carbonyl (C=O) groups excluding carboxylic acids is 1. The monoisotopic (exact) mass is 421 g/mol. The molecule has 0 spiro atoms. The van der Waals surface area contributed by atoms with E-state index in [-0.39, 0.29) is 33.7 Å². The van der Waals surface area contributed by atoms with Crippen molar-refractivity contribution in [1.29, 1.82) is 0 Å². The Morgan fingerprint density at radius 3 is 2.62 bits per heavy atom.